The predicted molar refractivity (Wildman–Crippen MR) is 136 cm³/mol. The Morgan fingerprint density at radius 3 is 2.66 bits per heavy atom. The molecule has 0 aliphatic rings. The van der Waals surface area contributed by atoms with Gasteiger partial charge < -0.3 is 4.52 Å². The van der Waals surface area contributed by atoms with E-state index in [4.69, 9.17) is 4.52 Å². The number of benzene rings is 2. The molecule has 2 aromatic heterocycles. The third-order valence-electron chi connectivity index (χ3n) is 4.81. The van der Waals surface area contributed by atoms with E-state index in [-0.39, 0.29) is 16.6 Å². The molecule has 166 valence electrons. The van der Waals surface area contributed by atoms with Gasteiger partial charge in [-0.05, 0) is 72.6 Å². The Bertz CT molecular complexity index is 1260. The molecule has 0 amide bonds. The van der Waals surface area contributed by atoms with Crippen molar-refractivity contribution < 1.29 is 8.91 Å². The van der Waals surface area contributed by atoms with Crippen LogP contribution >= 0.6 is 43.8 Å². The van der Waals surface area contributed by atoms with Crippen molar-refractivity contribution in [2.24, 2.45) is 0 Å². The molecule has 1 atom stereocenters. The Balaban J connectivity index is 1.79. The minimum atomic E-state index is -0.324. The minimum absolute atomic E-state index is 0.0245. The van der Waals surface area contributed by atoms with Crippen LogP contribution in [0.25, 0.3) is 22.2 Å². The molecule has 4 rings (SSSR count). The van der Waals surface area contributed by atoms with Crippen LogP contribution in [0.15, 0.2) is 68.2 Å². The second-order valence-electron chi connectivity index (χ2n) is 8.41. The van der Waals surface area contributed by atoms with E-state index < -0.39 is 0 Å². The summed E-state index contributed by atoms with van der Waals surface area (Å²) in [7, 11) is 0. The summed E-state index contributed by atoms with van der Waals surface area (Å²) >= 11 is 8.46. The molecule has 0 saturated carbocycles. The van der Waals surface area contributed by atoms with Crippen molar-refractivity contribution in [3.63, 3.8) is 0 Å². The minimum Gasteiger partial charge on any atom is -0.356 e. The van der Waals surface area contributed by atoms with Crippen LogP contribution in [0.1, 0.15) is 38.1 Å². The standard InChI is InChI=1S/C24H22Br2FN3OS/c1-24(2,3)32-30-19(13-20-18(27)10-11-22(26)28-20)15-6-4-5-7-16(15)23-17-9-8-14(25)12-21(17)31-29-23/h4-12,19,30H,13H2,1-3H3. The lowest BCUT2D eigenvalue weighted by molar-refractivity contribution is 0.459. The fourth-order valence-electron chi connectivity index (χ4n) is 3.38. The monoisotopic (exact) mass is 577 g/mol. The molecular formula is C24H22Br2FN3OS. The first-order chi connectivity index (χ1) is 15.2. The van der Waals surface area contributed by atoms with E-state index >= 15 is 0 Å². The molecule has 8 heteroatoms. The van der Waals surface area contributed by atoms with Crippen LogP contribution < -0.4 is 4.72 Å². The number of nitrogens with zero attached hydrogens (tertiary/aromatic N) is 2. The van der Waals surface area contributed by atoms with E-state index in [1.807, 2.05) is 42.5 Å². The van der Waals surface area contributed by atoms with Gasteiger partial charge in [0, 0.05) is 32.6 Å². The normalized spacial score (nSPS) is 12.9. The molecule has 1 unspecified atom stereocenters. The van der Waals surface area contributed by atoms with Gasteiger partial charge in [0.15, 0.2) is 5.58 Å². The lowest BCUT2D eigenvalue weighted by Gasteiger charge is -2.26. The van der Waals surface area contributed by atoms with Gasteiger partial charge in [0.1, 0.15) is 16.1 Å². The van der Waals surface area contributed by atoms with Crippen LogP contribution in [-0.2, 0) is 6.42 Å². The molecule has 0 aliphatic carbocycles. The summed E-state index contributed by atoms with van der Waals surface area (Å²) in [6.07, 6.45) is 0.382. The van der Waals surface area contributed by atoms with Gasteiger partial charge in [0.25, 0.3) is 0 Å². The Morgan fingerprint density at radius 2 is 1.88 bits per heavy atom. The number of halogens is 3. The fourth-order valence-corrected chi connectivity index (χ4v) is 4.77. The number of hydrogen-bond donors (Lipinski definition) is 1. The zero-order valence-electron chi connectivity index (χ0n) is 17.8. The van der Waals surface area contributed by atoms with Crippen LogP contribution in [0.3, 0.4) is 0 Å². The molecule has 0 fully saturated rings. The molecule has 0 saturated heterocycles. The highest BCUT2D eigenvalue weighted by molar-refractivity contribution is 9.10. The van der Waals surface area contributed by atoms with Gasteiger partial charge in [-0.2, -0.15) is 0 Å². The molecule has 2 heterocycles. The fraction of sp³-hybridized carbons (Fsp3) is 0.250. The maximum Gasteiger partial charge on any atom is 0.168 e. The zero-order valence-corrected chi connectivity index (χ0v) is 21.8. The lowest BCUT2D eigenvalue weighted by Crippen LogP contribution is -2.24. The van der Waals surface area contributed by atoms with E-state index in [1.54, 1.807) is 18.0 Å². The number of rotatable bonds is 6. The van der Waals surface area contributed by atoms with Gasteiger partial charge in [-0.1, -0.05) is 57.3 Å². The Kier molecular flexibility index (Phi) is 7.05. The van der Waals surface area contributed by atoms with Gasteiger partial charge in [0.2, 0.25) is 0 Å². The number of nitrogens with one attached hydrogen (secondary N) is 1. The van der Waals surface area contributed by atoms with E-state index in [9.17, 15) is 4.39 Å². The maximum absolute atomic E-state index is 14.6. The number of pyridine rings is 1. The highest BCUT2D eigenvalue weighted by Crippen LogP contribution is 2.36. The lowest BCUT2D eigenvalue weighted by atomic mass is 9.94. The van der Waals surface area contributed by atoms with Crippen LogP contribution in [0, 0.1) is 5.82 Å². The summed E-state index contributed by atoms with van der Waals surface area (Å²) < 4.78 is 25.3. The number of fused-ring (bicyclic) bond motifs is 1. The molecule has 4 aromatic rings. The summed E-state index contributed by atoms with van der Waals surface area (Å²) in [6, 6.07) is 16.7. The second-order valence-corrected chi connectivity index (χ2v) is 11.8. The van der Waals surface area contributed by atoms with Gasteiger partial charge in [0.05, 0.1) is 5.69 Å². The average Bonchev–Trinajstić information content (AvgIpc) is 3.15. The summed E-state index contributed by atoms with van der Waals surface area (Å²) in [5, 5.41) is 5.30. The van der Waals surface area contributed by atoms with Gasteiger partial charge in [-0.25, -0.2) is 9.37 Å². The highest BCUT2D eigenvalue weighted by atomic mass is 79.9. The van der Waals surface area contributed by atoms with E-state index in [2.05, 4.69) is 67.5 Å². The van der Waals surface area contributed by atoms with Crippen LogP contribution in [-0.4, -0.2) is 14.9 Å². The smallest absolute Gasteiger partial charge is 0.168 e. The van der Waals surface area contributed by atoms with Crippen molar-refractivity contribution >= 4 is 54.8 Å². The topological polar surface area (TPSA) is 51.0 Å². The molecule has 0 bridgehead atoms. The Hall–Kier alpha value is -1.74. The first-order valence-electron chi connectivity index (χ1n) is 10.1. The Morgan fingerprint density at radius 1 is 1.09 bits per heavy atom. The van der Waals surface area contributed by atoms with Crippen LogP contribution in [0.5, 0.6) is 0 Å². The van der Waals surface area contributed by atoms with Gasteiger partial charge in [-0.15, -0.1) is 0 Å². The van der Waals surface area contributed by atoms with Crippen LogP contribution in [0.2, 0.25) is 0 Å². The van der Waals surface area contributed by atoms with Crippen molar-refractivity contribution in [1.82, 2.24) is 14.9 Å². The summed E-state index contributed by atoms with van der Waals surface area (Å²) in [4.78, 5) is 4.39. The first kappa shape index (κ1) is 23.4. The summed E-state index contributed by atoms with van der Waals surface area (Å²) in [6.45, 7) is 6.40. The first-order valence-corrected chi connectivity index (χ1v) is 12.5. The summed E-state index contributed by atoms with van der Waals surface area (Å²) in [5.74, 6) is -0.324. The largest absolute Gasteiger partial charge is 0.356 e. The quantitative estimate of drug-likeness (QED) is 0.186. The molecule has 2 aromatic carbocycles. The van der Waals surface area contributed by atoms with Crippen LogP contribution in [0.4, 0.5) is 4.39 Å². The third-order valence-corrected chi connectivity index (χ3v) is 6.76. The van der Waals surface area contributed by atoms with E-state index in [0.29, 0.717) is 22.3 Å². The average molecular weight is 579 g/mol. The Labute approximate surface area is 207 Å². The second kappa shape index (κ2) is 9.63. The van der Waals surface area contributed by atoms with E-state index in [0.717, 1.165) is 26.7 Å². The number of aromatic nitrogens is 2. The zero-order chi connectivity index (χ0) is 22.9. The van der Waals surface area contributed by atoms with Crippen molar-refractivity contribution in [1.29, 1.82) is 0 Å². The number of hydrogen-bond acceptors (Lipinski definition) is 5. The third kappa shape index (κ3) is 5.42. The molecule has 4 nitrogen and oxygen atoms in total. The SMILES string of the molecule is CC(C)(C)SNC(Cc1nc(Br)ccc1F)c1ccccc1-c1noc2cc(Br)ccc12. The highest BCUT2D eigenvalue weighted by Gasteiger charge is 2.24. The van der Waals surface area contributed by atoms with Crippen molar-refractivity contribution in [2.75, 3.05) is 0 Å². The van der Waals surface area contributed by atoms with Gasteiger partial charge in [-0.3, -0.25) is 4.72 Å². The maximum atomic E-state index is 14.6. The van der Waals surface area contributed by atoms with Crippen molar-refractivity contribution in [2.45, 2.75) is 38.0 Å². The molecule has 1 N–H and O–H groups in total. The van der Waals surface area contributed by atoms with Crippen molar-refractivity contribution in [3.05, 3.63) is 80.7 Å². The predicted octanol–water partition coefficient (Wildman–Crippen LogP) is 7.87. The summed E-state index contributed by atoms with van der Waals surface area (Å²) in [5.41, 5.74) is 3.81. The molecule has 0 spiro atoms. The van der Waals surface area contributed by atoms with Gasteiger partial charge >= 0.3 is 0 Å². The molecule has 0 aliphatic heterocycles. The van der Waals surface area contributed by atoms with Crippen molar-refractivity contribution in [3.8, 4) is 11.3 Å². The molecule has 0 radical (unpaired) electrons. The molecular weight excluding hydrogens is 557 g/mol. The molecule has 32 heavy (non-hydrogen) atoms. The van der Waals surface area contributed by atoms with E-state index in [1.165, 1.54) is 6.07 Å².